The summed E-state index contributed by atoms with van der Waals surface area (Å²) >= 11 is 3.62. The van der Waals surface area contributed by atoms with Gasteiger partial charge in [-0.1, -0.05) is 54.8 Å². The van der Waals surface area contributed by atoms with E-state index < -0.39 is 0 Å². The Hall–Kier alpha value is -0.340. The summed E-state index contributed by atoms with van der Waals surface area (Å²) in [5, 5.41) is 3.46. The first-order valence-corrected chi connectivity index (χ1v) is 7.35. The second-order valence-electron chi connectivity index (χ2n) is 4.71. The molecule has 0 aliphatic heterocycles. The van der Waals surface area contributed by atoms with Crippen molar-refractivity contribution in [3.05, 3.63) is 33.8 Å². The van der Waals surface area contributed by atoms with Crippen LogP contribution in [0.5, 0.6) is 0 Å². The zero-order chi connectivity index (χ0) is 12.8. The standard InChI is InChI=1S/C15H24BrN/c1-5-12(6-2)10-15(17-4)13-8-7-9-14(16)11(13)3/h7-9,12,15,17H,5-6,10H2,1-4H3. The Kier molecular flexibility index (Phi) is 6.21. The lowest BCUT2D eigenvalue weighted by atomic mass is 9.89. The first kappa shape index (κ1) is 14.7. The summed E-state index contributed by atoms with van der Waals surface area (Å²) in [6.45, 7) is 6.76. The molecule has 0 bridgehead atoms. The molecule has 1 nitrogen and oxygen atoms in total. The predicted molar refractivity (Wildman–Crippen MR) is 79.4 cm³/mol. The lowest BCUT2D eigenvalue weighted by molar-refractivity contribution is 0.384. The van der Waals surface area contributed by atoms with Crippen LogP contribution in [0.1, 0.15) is 50.3 Å². The Morgan fingerprint density at radius 3 is 2.41 bits per heavy atom. The fourth-order valence-corrected chi connectivity index (χ4v) is 2.74. The summed E-state index contributed by atoms with van der Waals surface area (Å²) < 4.78 is 1.21. The Bertz CT molecular complexity index is 345. The molecule has 1 unspecified atom stereocenters. The smallest absolute Gasteiger partial charge is 0.0323 e. The zero-order valence-electron chi connectivity index (χ0n) is 11.4. The van der Waals surface area contributed by atoms with Crippen LogP contribution in [0.4, 0.5) is 0 Å². The third kappa shape index (κ3) is 3.82. The average Bonchev–Trinajstić information content (AvgIpc) is 2.35. The molecule has 17 heavy (non-hydrogen) atoms. The van der Waals surface area contributed by atoms with E-state index in [0.29, 0.717) is 6.04 Å². The molecule has 0 radical (unpaired) electrons. The van der Waals surface area contributed by atoms with Gasteiger partial charge in [-0.05, 0) is 43.5 Å². The van der Waals surface area contributed by atoms with Gasteiger partial charge in [0.05, 0.1) is 0 Å². The maximum absolute atomic E-state index is 3.62. The van der Waals surface area contributed by atoms with Gasteiger partial charge in [0, 0.05) is 10.5 Å². The summed E-state index contributed by atoms with van der Waals surface area (Å²) in [4.78, 5) is 0. The van der Waals surface area contributed by atoms with Crippen molar-refractivity contribution in [2.75, 3.05) is 7.05 Å². The van der Waals surface area contributed by atoms with Crippen molar-refractivity contribution in [1.82, 2.24) is 5.32 Å². The average molecular weight is 298 g/mol. The van der Waals surface area contributed by atoms with Gasteiger partial charge in [-0.15, -0.1) is 0 Å². The van der Waals surface area contributed by atoms with E-state index in [1.165, 1.54) is 34.9 Å². The van der Waals surface area contributed by atoms with Gasteiger partial charge in [0.2, 0.25) is 0 Å². The monoisotopic (exact) mass is 297 g/mol. The molecule has 0 aromatic heterocycles. The van der Waals surface area contributed by atoms with Crippen LogP contribution in [-0.2, 0) is 0 Å². The fraction of sp³-hybridized carbons (Fsp3) is 0.600. The minimum Gasteiger partial charge on any atom is -0.313 e. The van der Waals surface area contributed by atoms with E-state index in [2.05, 4.69) is 67.3 Å². The van der Waals surface area contributed by atoms with E-state index in [-0.39, 0.29) is 0 Å². The molecule has 1 aromatic carbocycles. The highest BCUT2D eigenvalue weighted by atomic mass is 79.9. The van der Waals surface area contributed by atoms with Gasteiger partial charge in [-0.25, -0.2) is 0 Å². The number of halogens is 1. The Balaban J connectivity index is 2.89. The van der Waals surface area contributed by atoms with Crippen LogP contribution < -0.4 is 5.32 Å². The Labute approximate surface area is 114 Å². The molecule has 1 rings (SSSR count). The lowest BCUT2D eigenvalue weighted by Gasteiger charge is -2.23. The Morgan fingerprint density at radius 2 is 1.88 bits per heavy atom. The van der Waals surface area contributed by atoms with Gasteiger partial charge in [0.25, 0.3) is 0 Å². The van der Waals surface area contributed by atoms with Gasteiger partial charge in [-0.2, -0.15) is 0 Å². The number of hydrogen-bond acceptors (Lipinski definition) is 1. The molecule has 0 aliphatic rings. The van der Waals surface area contributed by atoms with Crippen molar-refractivity contribution >= 4 is 15.9 Å². The van der Waals surface area contributed by atoms with Crippen LogP contribution in [0.15, 0.2) is 22.7 Å². The fourth-order valence-electron chi connectivity index (χ4n) is 2.36. The first-order chi connectivity index (χ1) is 8.13. The van der Waals surface area contributed by atoms with Crippen LogP contribution in [0.2, 0.25) is 0 Å². The van der Waals surface area contributed by atoms with Gasteiger partial charge < -0.3 is 5.32 Å². The summed E-state index contributed by atoms with van der Waals surface area (Å²) in [5.41, 5.74) is 2.78. The van der Waals surface area contributed by atoms with Crippen molar-refractivity contribution in [2.45, 2.75) is 46.1 Å². The van der Waals surface area contributed by atoms with E-state index in [0.717, 1.165) is 5.92 Å². The van der Waals surface area contributed by atoms with Crippen molar-refractivity contribution < 1.29 is 0 Å². The van der Waals surface area contributed by atoms with Crippen molar-refractivity contribution in [2.24, 2.45) is 5.92 Å². The van der Waals surface area contributed by atoms with E-state index in [1.807, 2.05) is 0 Å². The molecule has 96 valence electrons. The molecule has 0 spiro atoms. The highest BCUT2D eigenvalue weighted by molar-refractivity contribution is 9.10. The van der Waals surface area contributed by atoms with Crippen LogP contribution in [0.25, 0.3) is 0 Å². The first-order valence-electron chi connectivity index (χ1n) is 6.56. The zero-order valence-corrected chi connectivity index (χ0v) is 13.0. The SMILES string of the molecule is CCC(CC)CC(NC)c1cccc(Br)c1C. The van der Waals surface area contributed by atoms with E-state index >= 15 is 0 Å². The van der Waals surface area contributed by atoms with Crippen molar-refractivity contribution in [3.8, 4) is 0 Å². The topological polar surface area (TPSA) is 12.0 Å². The molecule has 0 amide bonds. The highest BCUT2D eigenvalue weighted by Crippen LogP contribution is 2.30. The predicted octanol–water partition coefficient (Wildman–Crippen LogP) is 4.84. The molecule has 1 aromatic rings. The van der Waals surface area contributed by atoms with Crippen molar-refractivity contribution in [3.63, 3.8) is 0 Å². The highest BCUT2D eigenvalue weighted by Gasteiger charge is 2.16. The van der Waals surface area contributed by atoms with Gasteiger partial charge in [-0.3, -0.25) is 0 Å². The molecular formula is C15H24BrN. The molecular weight excluding hydrogens is 274 g/mol. The largest absolute Gasteiger partial charge is 0.313 e. The third-order valence-electron chi connectivity index (χ3n) is 3.76. The van der Waals surface area contributed by atoms with Crippen molar-refractivity contribution in [1.29, 1.82) is 0 Å². The maximum atomic E-state index is 3.62. The second-order valence-corrected chi connectivity index (χ2v) is 5.57. The van der Waals surface area contributed by atoms with E-state index in [9.17, 15) is 0 Å². The minimum absolute atomic E-state index is 0.470. The summed E-state index contributed by atoms with van der Waals surface area (Å²) in [7, 11) is 2.06. The molecule has 0 fully saturated rings. The van der Waals surface area contributed by atoms with E-state index in [4.69, 9.17) is 0 Å². The molecule has 0 aliphatic carbocycles. The quantitative estimate of drug-likeness (QED) is 0.792. The molecule has 0 saturated carbocycles. The molecule has 0 saturated heterocycles. The summed E-state index contributed by atoms with van der Waals surface area (Å²) in [5.74, 6) is 0.811. The number of nitrogens with one attached hydrogen (secondary N) is 1. The normalized spacial score (nSPS) is 13.1. The summed E-state index contributed by atoms with van der Waals surface area (Å²) in [6, 6.07) is 6.95. The van der Waals surface area contributed by atoms with E-state index in [1.54, 1.807) is 0 Å². The Morgan fingerprint density at radius 1 is 1.24 bits per heavy atom. The number of benzene rings is 1. The van der Waals surface area contributed by atoms with Crippen LogP contribution >= 0.6 is 15.9 Å². The third-order valence-corrected chi connectivity index (χ3v) is 4.62. The molecule has 1 N–H and O–H groups in total. The van der Waals surface area contributed by atoms with Crippen LogP contribution in [0.3, 0.4) is 0 Å². The summed E-state index contributed by atoms with van der Waals surface area (Å²) in [6.07, 6.45) is 3.75. The van der Waals surface area contributed by atoms with Crippen LogP contribution in [0, 0.1) is 12.8 Å². The minimum atomic E-state index is 0.470. The van der Waals surface area contributed by atoms with Gasteiger partial charge in [0.1, 0.15) is 0 Å². The molecule has 2 heteroatoms. The van der Waals surface area contributed by atoms with Crippen LogP contribution in [-0.4, -0.2) is 7.05 Å². The van der Waals surface area contributed by atoms with Gasteiger partial charge in [0.15, 0.2) is 0 Å². The maximum Gasteiger partial charge on any atom is 0.0323 e. The molecule has 1 atom stereocenters. The van der Waals surface area contributed by atoms with Gasteiger partial charge >= 0.3 is 0 Å². The lowest BCUT2D eigenvalue weighted by Crippen LogP contribution is -2.20. The second kappa shape index (κ2) is 7.17. The number of hydrogen-bond donors (Lipinski definition) is 1. The number of rotatable bonds is 6. The molecule has 0 heterocycles.